The number of rotatable bonds is 3. The minimum atomic E-state index is -0.564. The molecule has 1 aliphatic heterocycles. The monoisotopic (exact) mass is 260 g/mol. The highest BCUT2D eigenvalue weighted by Gasteiger charge is 2.42. The number of hydrogen-bond donors (Lipinski definition) is 1. The third-order valence-corrected chi connectivity index (χ3v) is 3.67. The molecule has 1 aromatic carbocycles. The van der Waals surface area contributed by atoms with E-state index in [2.05, 4.69) is 5.32 Å². The van der Waals surface area contributed by atoms with E-state index in [1.54, 1.807) is 18.0 Å². The molecule has 0 aromatic heterocycles. The summed E-state index contributed by atoms with van der Waals surface area (Å²) >= 11 is 0. The Balaban J connectivity index is 2.38. The summed E-state index contributed by atoms with van der Waals surface area (Å²) < 4.78 is 0. The van der Waals surface area contributed by atoms with E-state index in [0.29, 0.717) is 12.1 Å². The number of nitrogens with one attached hydrogen (secondary N) is 1. The van der Waals surface area contributed by atoms with Gasteiger partial charge in [0.1, 0.15) is 0 Å². The molecule has 0 spiro atoms. The van der Waals surface area contributed by atoms with Crippen LogP contribution in [0.4, 0.5) is 5.69 Å². The molecule has 1 aromatic rings. The minimum Gasteiger partial charge on any atom is -0.352 e. The van der Waals surface area contributed by atoms with Gasteiger partial charge in [0.25, 0.3) is 5.91 Å². The van der Waals surface area contributed by atoms with E-state index in [1.165, 1.54) is 0 Å². The number of benzene rings is 1. The van der Waals surface area contributed by atoms with Crippen LogP contribution in [0.5, 0.6) is 0 Å². The van der Waals surface area contributed by atoms with Crippen molar-refractivity contribution in [2.45, 2.75) is 32.6 Å². The summed E-state index contributed by atoms with van der Waals surface area (Å²) in [7, 11) is 1.77. The third-order valence-electron chi connectivity index (χ3n) is 3.67. The van der Waals surface area contributed by atoms with Crippen LogP contribution in [0.15, 0.2) is 18.2 Å². The van der Waals surface area contributed by atoms with Crippen LogP contribution in [0.1, 0.15) is 43.1 Å². The number of carbonyl (C=O) groups excluding carboxylic acids is 2. The molecule has 0 aliphatic carbocycles. The molecule has 0 radical (unpaired) electrons. The Morgan fingerprint density at radius 2 is 2.05 bits per heavy atom. The van der Waals surface area contributed by atoms with Gasteiger partial charge in [-0.25, -0.2) is 0 Å². The molecule has 0 atom stereocenters. The number of fused-ring (bicyclic) bond motifs is 1. The fraction of sp³-hybridized carbons (Fsp3) is 0.467. The second kappa shape index (κ2) is 4.68. The molecular weight excluding hydrogens is 240 g/mol. The summed E-state index contributed by atoms with van der Waals surface area (Å²) in [6.07, 6.45) is 0.906. The number of hydrogen-bond acceptors (Lipinski definition) is 2. The van der Waals surface area contributed by atoms with Crippen molar-refractivity contribution in [2.75, 3.05) is 18.5 Å². The molecule has 0 saturated heterocycles. The van der Waals surface area contributed by atoms with E-state index < -0.39 is 5.41 Å². The van der Waals surface area contributed by atoms with Gasteiger partial charge in [-0.3, -0.25) is 9.59 Å². The topological polar surface area (TPSA) is 49.4 Å². The summed E-state index contributed by atoms with van der Waals surface area (Å²) in [6.45, 7) is 6.47. The first kappa shape index (κ1) is 13.6. The van der Waals surface area contributed by atoms with Gasteiger partial charge in [-0.1, -0.05) is 6.92 Å². The van der Waals surface area contributed by atoms with Gasteiger partial charge in [0.15, 0.2) is 0 Å². The third kappa shape index (κ3) is 2.11. The molecule has 102 valence electrons. The maximum absolute atomic E-state index is 12.2. The zero-order chi connectivity index (χ0) is 14.2. The Morgan fingerprint density at radius 3 is 2.68 bits per heavy atom. The van der Waals surface area contributed by atoms with Crippen LogP contribution in [-0.4, -0.2) is 25.4 Å². The minimum absolute atomic E-state index is 0.0635. The fourth-order valence-corrected chi connectivity index (χ4v) is 2.45. The molecule has 0 saturated carbocycles. The highest BCUT2D eigenvalue weighted by molar-refractivity contribution is 6.08. The average Bonchev–Trinajstić information content (AvgIpc) is 2.57. The molecule has 4 nitrogen and oxygen atoms in total. The Hall–Kier alpha value is -1.84. The first-order valence-corrected chi connectivity index (χ1v) is 6.60. The molecule has 1 N–H and O–H groups in total. The van der Waals surface area contributed by atoms with Gasteiger partial charge in [-0.15, -0.1) is 0 Å². The van der Waals surface area contributed by atoms with Gasteiger partial charge in [-0.2, -0.15) is 0 Å². The predicted molar refractivity (Wildman–Crippen MR) is 75.5 cm³/mol. The molecule has 0 unspecified atom stereocenters. The van der Waals surface area contributed by atoms with E-state index in [-0.39, 0.29) is 11.8 Å². The van der Waals surface area contributed by atoms with Gasteiger partial charge in [-0.05, 0) is 44.0 Å². The summed E-state index contributed by atoms with van der Waals surface area (Å²) in [6, 6.07) is 5.46. The van der Waals surface area contributed by atoms with Gasteiger partial charge >= 0.3 is 0 Å². The smallest absolute Gasteiger partial charge is 0.251 e. The predicted octanol–water partition coefficient (Wildman–Crippen LogP) is 2.08. The van der Waals surface area contributed by atoms with Crippen LogP contribution in [0.25, 0.3) is 0 Å². The molecule has 1 heterocycles. The lowest BCUT2D eigenvalue weighted by atomic mass is 9.85. The fourth-order valence-electron chi connectivity index (χ4n) is 2.45. The molecular formula is C15H20N2O2. The van der Waals surface area contributed by atoms with Crippen molar-refractivity contribution < 1.29 is 9.59 Å². The quantitative estimate of drug-likeness (QED) is 0.904. The largest absolute Gasteiger partial charge is 0.352 e. The standard InChI is InChI=1S/C15H20N2O2/c1-5-8-16-13(18)10-6-7-12-11(9-10)15(2,3)14(19)17(12)4/h6-7,9H,5,8H2,1-4H3,(H,16,18). The van der Waals surface area contributed by atoms with Gasteiger partial charge < -0.3 is 10.2 Å². The van der Waals surface area contributed by atoms with Crippen LogP contribution in [0.2, 0.25) is 0 Å². The SMILES string of the molecule is CCCNC(=O)c1ccc2c(c1)C(C)(C)C(=O)N2C. The number of anilines is 1. The van der Waals surface area contributed by atoms with Crippen LogP contribution >= 0.6 is 0 Å². The summed E-state index contributed by atoms with van der Waals surface area (Å²) in [5.41, 5.74) is 1.86. The highest BCUT2D eigenvalue weighted by atomic mass is 16.2. The van der Waals surface area contributed by atoms with E-state index >= 15 is 0 Å². The Labute approximate surface area is 113 Å². The van der Waals surface area contributed by atoms with Crippen molar-refractivity contribution >= 4 is 17.5 Å². The molecule has 2 rings (SSSR count). The Bertz CT molecular complexity index is 535. The lowest BCUT2D eigenvalue weighted by Crippen LogP contribution is -2.33. The summed E-state index contributed by atoms with van der Waals surface area (Å²) in [4.78, 5) is 25.8. The Kier molecular flexibility index (Phi) is 3.35. The molecule has 0 fully saturated rings. The second-order valence-electron chi connectivity index (χ2n) is 5.48. The number of nitrogens with zero attached hydrogens (tertiary/aromatic N) is 1. The van der Waals surface area contributed by atoms with E-state index in [4.69, 9.17) is 0 Å². The van der Waals surface area contributed by atoms with Gasteiger partial charge in [0.05, 0.1) is 5.41 Å². The van der Waals surface area contributed by atoms with Crippen molar-refractivity contribution in [3.05, 3.63) is 29.3 Å². The van der Waals surface area contributed by atoms with Crippen LogP contribution < -0.4 is 10.2 Å². The highest BCUT2D eigenvalue weighted by Crippen LogP contribution is 2.40. The molecule has 2 amide bonds. The van der Waals surface area contributed by atoms with Crippen LogP contribution in [0.3, 0.4) is 0 Å². The lowest BCUT2D eigenvalue weighted by molar-refractivity contribution is -0.121. The summed E-state index contributed by atoms with van der Waals surface area (Å²) in [5.74, 6) is -0.0175. The van der Waals surface area contributed by atoms with Crippen molar-refractivity contribution in [3.63, 3.8) is 0 Å². The number of carbonyl (C=O) groups is 2. The molecule has 0 bridgehead atoms. The number of likely N-dealkylation sites (N-methyl/N-ethyl adjacent to an activating group) is 1. The molecule has 1 aliphatic rings. The maximum Gasteiger partial charge on any atom is 0.251 e. The van der Waals surface area contributed by atoms with Gasteiger partial charge in [0, 0.05) is 24.8 Å². The van der Waals surface area contributed by atoms with Crippen LogP contribution in [-0.2, 0) is 10.2 Å². The Morgan fingerprint density at radius 1 is 1.37 bits per heavy atom. The molecule has 19 heavy (non-hydrogen) atoms. The first-order chi connectivity index (χ1) is 8.89. The van der Waals surface area contributed by atoms with Crippen molar-refractivity contribution in [1.29, 1.82) is 0 Å². The zero-order valence-corrected chi connectivity index (χ0v) is 11.9. The average molecular weight is 260 g/mol. The van der Waals surface area contributed by atoms with Gasteiger partial charge in [0.2, 0.25) is 5.91 Å². The van der Waals surface area contributed by atoms with Crippen molar-refractivity contribution in [2.24, 2.45) is 0 Å². The lowest BCUT2D eigenvalue weighted by Gasteiger charge is -2.16. The van der Waals surface area contributed by atoms with Crippen LogP contribution in [0, 0.1) is 0 Å². The zero-order valence-electron chi connectivity index (χ0n) is 11.9. The van der Waals surface area contributed by atoms with E-state index in [1.807, 2.05) is 32.9 Å². The summed E-state index contributed by atoms with van der Waals surface area (Å²) in [5, 5.41) is 2.85. The maximum atomic E-state index is 12.2. The number of amides is 2. The van der Waals surface area contributed by atoms with Crippen molar-refractivity contribution in [3.8, 4) is 0 Å². The van der Waals surface area contributed by atoms with E-state index in [9.17, 15) is 9.59 Å². The first-order valence-electron chi connectivity index (χ1n) is 6.60. The molecule has 4 heteroatoms. The van der Waals surface area contributed by atoms with E-state index in [0.717, 1.165) is 17.7 Å². The normalized spacial score (nSPS) is 16.4. The second-order valence-corrected chi connectivity index (χ2v) is 5.48. The van der Waals surface area contributed by atoms with Crippen molar-refractivity contribution in [1.82, 2.24) is 5.32 Å².